The average Bonchev–Trinajstić information content (AvgIpc) is 2.61. The van der Waals surface area contributed by atoms with Gasteiger partial charge in [0.05, 0.1) is 0 Å². The summed E-state index contributed by atoms with van der Waals surface area (Å²) >= 11 is 0. The lowest BCUT2D eigenvalue weighted by atomic mass is 10.1. The summed E-state index contributed by atoms with van der Waals surface area (Å²) in [5, 5.41) is 2.87. The predicted octanol–water partition coefficient (Wildman–Crippen LogP) is 2.85. The number of halogens is 1. The molecule has 0 bridgehead atoms. The number of carbonyl (C=O) groups is 1. The first-order chi connectivity index (χ1) is 11.7. The van der Waals surface area contributed by atoms with Gasteiger partial charge in [0.2, 0.25) is 0 Å². The molecule has 24 heavy (non-hydrogen) atoms. The highest BCUT2D eigenvalue weighted by molar-refractivity contribution is 5.94. The van der Waals surface area contributed by atoms with E-state index in [-0.39, 0.29) is 19.1 Å². The second kappa shape index (κ2) is 9.47. The van der Waals surface area contributed by atoms with Crippen LogP contribution in [0.2, 0.25) is 0 Å². The minimum Gasteiger partial charge on any atom is -0.487 e. The molecular formula is C19H21FN2O2. The van der Waals surface area contributed by atoms with Gasteiger partial charge < -0.3 is 15.8 Å². The summed E-state index contributed by atoms with van der Waals surface area (Å²) in [6.45, 7) is 0.535. The summed E-state index contributed by atoms with van der Waals surface area (Å²) in [6.07, 6.45) is 2.04. The Morgan fingerprint density at radius 2 is 1.83 bits per heavy atom. The minimum atomic E-state index is -0.416. The zero-order chi connectivity index (χ0) is 17.2. The van der Waals surface area contributed by atoms with Gasteiger partial charge in [-0.3, -0.25) is 4.79 Å². The van der Waals surface area contributed by atoms with Gasteiger partial charge in [-0.15, -0.1) is 0 Å². The van der Waals surface area contributed by atoms with Gasteiger partial charge in [-0.25, -0.2) is 4.39 Å². The highest BCUT2D eigenvalue weighted by Crippen LogP contribution is 2.13. The molecule has 126 valence electrons. The first-order valence-electron chi connectivity index (χ1n) is 7.78. The Balaban J connectivity index is 1.79. The summed E-state index contributed by atoms with van der Waals surface area (Å²) in [4.78, 5) is 12.1. The van der Waals surface area contributed by atoms with E-state index in [9.17, 15) is 9.18 Å². The van der Waals surface area contributed by atoms with Crippen molar-refractivity contribution in [3.8, 4) is 5.75 Å². The molecule has 2 rings (SSSR count). The smallest absolute Gasteiger partial charge is 0.251 e. The number of amides is 1. The van der Waals surface area contributed by atoms with Crippen molar-refractivity contribution in [1.29, 1.82) is 0 Å². The number of hydrogen-bond acceptors (Lipinski definition) is 3. The molecule has 0 fully saturated rings. The van der Waals surface area contributed by atoms with E-state index in [1.807, 2.05) is 30.3 Å². The van der Waals surface area contributed by atoms with E-state index < -0.39 is 5.83 Å². The van der Waals surface area contributed by atoms with Crippen LogP contribution in [0.4, 0.5) is 4.39 Å². The van der Waals surface area contributed by atoms with Crippen molar-refractivity contribution in [2.75, 3.05) is 19.7 Å². The summed E-state index contributed by atoms with van der Waals surface area (Å²) in [5.74, 6) is -0.0664. The van der Waals surface area contributed by atoms with Crippen molar-refractivity contribution in [3.05, 3.63) is 77.6 Å². The largest absolute Gasteiger partial charge is 0.487 e. The number of ether oxygens (including phenoxy) is 1. The second-order valence-corrected chi connectivity index (χ2v) is 5.19. The van der Waals surface area contributed by atoms with E-state index in [0.29, 0.717) is 17.9 Å². The van der Waals surface area contributed by atoms with Crippen molar-refractivity contribution in [2.45, 2.75) is 6.42 Å². The fourth-order valence-electron chi connectivity index (χ4n) is 2.11. The molecule has 0 aliphatic carbocycles. The Hall–Kier alpha value is -2.66. The average molecular weight is 328 g/mol. The third kappa shape index (κ3) is 5.85. The Kier molecular flexibility index (Phi) is 6.98. The van der Waals surface area contributed by atoms with Gasteiger partial charge in [0.15, 0.2) is 0 Å². The molecule has 0 unspecified atom stereocenters. The molecule has 0 saturated carbocycles. The minimum absolute atomic E-state index is 0.136. The molecule has 0 atom stereocenters. The van der Waals surface area contributed by atoms with Gasteiger partial charge >= 0.3 is 0 Å². The zero-order valence-electron chi connectivity index (χ0n) is 13.4. The lowest BCUT2D eigenvalue weighted by molar-refractivity contribution is 0.0954. The predicted molar refractivity (Wildman–Crippen MR) is 92.7 cm³/mol. The van der Waals surface area contributed by atoms with Crippen molar-refractivity contribution in [2.24, 2.45) is 5.73 Å². The van der Waals surface area contributed by atoms with Gasteiger partial charge in [0, 0.05) is 18.7 Å². The molecule has 0 heterocycles. The van der Waals surface area contributed by atoms with Crippen LogP contribution >= 0.6 is 0 Å². The van der Waals surface area contributed by atoms with Crippen LogP contribution < -0.4 is 15.8 Å². The molecule has 4 nitrogen and oxygen atoms in total. The molecule has 3 N–H and O–H groups in total. The topological polar surface area (TPSA) is 64.3 Å². The number of benzene rings is 2. The Morgan fingerprint density at radius 3 is 2.50 bits per heavy atom. The molecule has 0 aliphatic heterocycles. The molecule has 1 amide bonds. The van der Waals surface area contributed by atoms with E-state index >= 15 is 0 Å². The lowest BCUT2D eigenvalue weighted by Gasteiger charge is -2.07. The third-order valence-electron chi connectivity index (χ3n) is 3.37. The van der Waals surface area contributed by atoms with Crippen LogP contribution in [-0.4, -0.2) is 25.6 Å². The van der Waals surface area contributed by atoms with Crippen LogP contribution in [-0.2, 0) is 6.42 Å². The van der Waals surface area contributed by atoms with Gasteiger partial charge in [0.25, 0.3) is 5.91 Å². The summed E-state index contributed by atoms with van der Waals surface area (Å²) < 4.78 is 18.4. The van der Waals surface area contributed by atoms with Gasteiger partial charge in [0.1, 0.15) is 18.2 Å². The molecule has 0 spiro atoms. The third-order valence-corrected chi connectivity index (χ3v) is 3.37. The zero-order valence-corrected chi connectivity index (χ0v) is 13.4. The highest BCUT2D eigenvalue weighted by atomic mass is 19.1. The molecular weight excluding hydrogens is 307 g/mol. The number of carbonyl (C=O) groups excluding carboxylic acids is 1. The maximum atomic E-state index is 13.2. The van der Waals surface area contributed by atoms with Gasteiger partial charge in [-0.05, 0) is 42.3 Å². The van der Waals surface area contributed by atoms with Crippen LogP contribution in [0.25, 0.3) is 0 Å². The normalized spacial score (nSPS) is 11.2. The van der Waals surface area contributed by atoms with E-state index in [1.54, 1.807) is 24.3 Å². The second-order valence-electron chi connectivity index (χ2n) is 5.19. The Morgan fingerprint density at radius 1 is 1.12 bits per heavy atom. The molecule has 2 aromatic rings. The number of rotatable bonds is 8. The maximum absolute atomic E-state index is 13.2. The van der Waals surface area contributed by atoms with Crippen molar-refractivity contribution < 1.29 is 13.9 Å². The number of nitrogens with one attached hydrogen (secondary N) is 1. The molecule has 2 aromatic carbocycles. The Labute approximate surface area is 141 Å². The van der Waals surface area contributed by atoms with Crippen molar-refractivity contribution in [3.63, 3.8) is 0 Å². The summed E-state index contributed by atoms with van der Waals surface area (Å²) in [7, 11) is 0. The monoisotopic (exact) mass is 328 g/mol. The molecule has 0 saturated heterocycles. The van der Waals surface area contributed by atoms with Crippen molar-refractivity contribution >= 4 is 5.91 Å². The van der Waals surface area contributed by atoms with Crippen LogP contribution in [0.5, 0.6) is 5.75 Å². The molecule has 0 aromatic heterocycles. The highest BCUT2D eigenvalue weighted by Gasteiger charge is 2.05. The lowest BCUT2D eigenvalue weighted by Crippen LogP contribution is -2.25. The van der Waals surface area contributed by atoms with Crippen LogP contribution in [0.3, 0.4) is 0 Å². The number of nitrogens with two attached hydrogens (primary N) is 1. The fourth-order valence-corrected chi connectivity index (χ4v) is 2.11. The fraction of sp³-hybridized carbons (Fsp3) is 0.211. The maximum Gasteiger partial charge on any atom is 0.251 e. The quantitative estimate of drug-likeness (QED) is 0.783. The van der Waals surface area contributed by atoms with Gasteiger partial charge in [-0.2, -0.15) is 0 Å². The van der Waals surface area contributed by atoms with Crippen molar-refractivity contribution in [1.82, 2.24) is 5.32 Å². The van der Waals surface area contributed by atoms with E-state index in [2.05, 4.69) is 5.32 Å². The standard InChI is InChI=1S/C19H21FN2O2/c20-17(10-12-21)14-24-18-8-6-16(7-9-18)19(23)22-13-11-15-4-2-1-3-5-15/h1-10H,11-14,21H2,(H,22,23)/b17-10+. The summed E-state index contributed by atoms with van der Waals surface area (Å²) in [6, 6.07) is 16.5. The van der Waals surface area contributed by atoms with Crippen LogP contribution in [0.15, 0.2) is 66.5 Å². The first-order valence-corrected chi connectivity index (χ1v) is 7.78. The number of hydrogen-bond donors (Lipinski definition) is 2. The van der Waals surface area contributed by atoms with E-state index in [0.717, 1.165) is 6.42 Å². The van der Waals surface area contributed by atoms with Crippen LogP contribution in [0, 0.1) is 0 Å². The first kappa shape index (κ1) is 17.7. The Bertz CT molecular complexity index is 670. The SMILES string of the molecule is NC/C=C(/F)COc1ccc(C(=O)NCCc2ccccc2)cc1. The molecule has 0 radical (unpaired) electrons. The molecule has 5 heteroatoms. The van der Waals surface area contributed by atoms with Crippen LogP contribution in [0.1, 0.15) is 15.9 Å². The summed E-state index contributed by atoms with van der Waals surface area (Å²) in [5.41, 5.74) is 6.92. The van der Waals surface area contributed by atoms with E-state index in [4.69, 9.17) is 10.5 Å². The molecule has 0 aliphatic rings. The van der Waals surface area contributed by atoms with Gasteiger partial charge in [-0.1, -0.05) is 30.3 Å². The van der Waals surface area contributed by atoms with E-state index in [1.165, 1.54) is 11.6 Å².